The van der Waals surface area contributed by atoms with Gasteiger partial charge in [-0.3, -0.25) is 9.59 Å². The molecular formula is C18H27N3O2. The van der Waals surface area contributed by atoms with E-state index in [1.165, 1.54) is 0 Å². The summed E-state index contributed by atoms with van der Waals surface area (Å²) >= 11 is 0. The molecule has 1 aliphatic heterocycles. The van der Waals surface area contributed by atoms with Gasteiger partial charge in [-0.15, -0.1) is 0 Å². The van der Waals surface area contributed by atoms with Gasteiger partial charge in [-0.1, -0.05) is 18.2 Å². The van der Waals surface area contributed by atoms with Crippen molar-refractivity contribution in [1.29, 1.82) is 0 Å². The number of hydrogen-bond donors (Lipinski definition) is 1. The highest BCUT2D eigenvalue weighted by Gasteiger charge is 2.34. The van der Waals surface area contributed by atoms with Crippen LogP contribution in [0.15, 0.2) is 18.2 Å². The molecule has 1 saturated heterocycles. The van der Waals surface area contributed by atoms with E-state index in [-0.39, 0.29) is 17.7 Å². The van der Waals surface area contributed by atoms with E-state index in [1.807, 2.05) is 51.0 Å². The van der Waals surface area contributed by atoms with Crippen LogP contribution in [0.25, 0.3) is 0 Å². The van der Waals surface area contributed by atoms with Crippen molar-refractivity contribution in [2.24, 2.45) is 5.92 Å². The van der Waals surface area contributed by atoms with Crippen LogP contribution >= 0.6 is 0 Å². The predicted octanol–water partition coefficient (Wildman–Crippen LogP) is 2.04. The van der Waals surface area contributed by atoms with E-state index in [0.717, 1.165) is 36.3 Å². The number of likely N-dealkylation sites (tertiary alicyclic amines) is 1. The molecule has 1 aromatic carbocycles. The van der Waals surface area contributed by atoms with Gasteiger partial charge in [-0.2, -0.15) is 0 Å². The Morgan fingerprint density at radius 3 is 2.57 bits per heavy atom. The van der Waals surface area contributed by atoms with E-state index in [0.29, 0.717) is 13.0 Å². The number of nitrogens with one attached hydrogen (secondary N) is 1. The molecule has 0 radical (unpaired) electrons. The highest BCUT2D eigenvalue weighted by Crippen LogP contribution is 2.23. The molecule has 2 amide bonds. The number of amides is 2. The third-order valence-corrected chi connectivity index (χ3v) is 4.35. The Balaban J connectivity index is 1.92. The number of carbonyl (C=O) groups excluding carboxylic acids is 2. The number of anilines is 1. The normalized spacial score (nSPS) is 17.9. The second kappa shape index (κ2) is 7.59. The average molecular weight is 317 g/mol. The Hall–Kier alpha value is -1.88. The number of para-hydroxylation sites is 1. The minimum atomic E-state index is -0.249. The van der Waals surface area contributed by atoms with Gasteiger partial charge in [-0.25, -0.2) is 0 Å². The molecule has 1 unspecified atom stereocenters. The van der Waals surface area contributed by atoms with Crippen LogP contribution in [0.3, 0.4) is 0 Å². The summed E-state index contributed by atoms with van der Waals surface area (Å²) in [6, 6.07) is 5.94. The second-order valence-electron chi connectivity index (χ2n) is 6.65. The summed E-state index contributed by atoms with van der Waals surface area (Å²) in [5.41, 5.74) is 2.96. The van der Waals surface area contributed by atoms with Crippen molar-refractivity contribution < 1.29 is 9.59 Å². The zero-order valence-electron chi connectivity index (χ0n) is 14.6. The lowest BCUT2D eigenvalue weighted by Crippen LogP contribution is -2.30. The zero-order chi connectivity index (χ0) is 17.0. The minimum Gasteiger partial charge on any atom is -0.342 e. The molecule has 5 nitrogen and oxygen atoms in total. The molecule has 0 saturated carbocycles. The van der Waals surface area contributed by atoms with Crippen LogP contribution in [0.1, 0.15) is 24.0 Å². The molecule has 126 valence electrons. The molecule has 0 bridgehead atoms. The van der Waals surface area contributed by atoms with Crippen molar-refractivity contribution in [3.63, 3.8) is 0 Å². The lowest BCUT2D eigenvalue weighted by atomic mass is 10.1. The highest BCUT2D eigenvalue weighted by atomic mass is 16.2. The number of aryl methyl sites for hydroxylation is 2. The van der Waals surface area contributed by atoms with E-state index in [9.17, 15) is 9.59 Å². The first kappa shape index (κ1) is 17.5. The maximum Gasteiger partial charge on any atom is 0.229 e. The smallest absolute Gasteiger partial charge is 0.229 e. The summed E-state index contributed by atoms with van der Waals surface area (Å²) in [5.74, 6) is -0.211. The number of rotatable bonds is 6. The predicted molar refractivity (Wildman–Crippen MR) is 92.4 cm³/mol. The number of nitrogens with zero attached hydrogens (tertiary/aromatic N) is 2. The standard InChI is InChI=1S/C18H27N3O2/c1-13-7-5-8-14(2)17(13)19-18(23)15-11-16(22)21(12-15)10-6-9-20(3)4/h5,7-8,15H,6,9-12H2,1-4H3,(H,19,23). The van der Waals surface area contributed by atoms with Gasteiger partial charge in [0.05, 0.1) is 5.92 Å². The zero-order valence-corrected chi connectivity index (χ0v) is 14.6. The lowest BCUT2D eigenvalue weighted by molar-refractivity contribution is -0.128. The van der Waals surface area contributed by atoms with Crippen molar-refractivity contribution in [1.82, 2.24) is 9.80 Å². The van der Waals surface area contributed by atoms with E-state index >= 15 is 0 Å². The number of carbonyl (C=O) groups is 2. The Labute approximate surface area is 138 Å². The fourth-order valence-corrected chi connectivity index (χ4v) is 2.98. The largest absolute Gasteiger partial charge is 0.342 e. The molecule has 2 rings (SSSR count). The van der Waals surface area contributed by atoms with Crippen molar-refractivity contribution in [2.45, 2.75) is 26.7 Å². The van der Waals surface area contributed by atoms with Crippen LogP contribution in [0.2, 0.25) is 0 Å². The summed E-state index contributed by atoms with van der Waals surface area (Å²) in [5, 5.41) is 3.01. The van der Waals surface area contributed by atoms with Gasteiger partial charge in [0, 0.05) is 25.2 Å². The Kier molecular flexibility index (Phi) is 5.77. The van der Waals surface area contributed by atoms with Gasteiger partial charge >= 0.3 is 0 Å². The molecule has 5 heteroatoms. The first-order valence-electron chi connectivity index (χ1n) is 8.18. The maximum atomic E-state index is 12.5. The molecule has 0 spiro atoms. The van der Waals surface area contributed by atoms with Crippen LogP contribution in [0, 0.1) is 19.8 Å². The molecule has 0 aliphatic carbocycles. The monoisotopic (exact) mass is 317 g/mol. The molecule has 1 aliphatic rings. The maximum absolute atomic E-state index is 12.5. The summed E-state index contributed by atoms with van der Waals surface area (Å²) in [7, 11) is 4.04. The Bertz CT molecular complexity index is 563. The SMILES string of the molecule is Cc1cccc(C)c1NC(=O)C1CC(=O)N(CCCN(C)C)C1. The summed E-state index contributed by atoms with van der Waals surface area (Å²) in [6.45, 7) is 6.17. The number of benzene rings is 1. The fourth-order valence-electron chi connectivity index (χ4n) is 2.98. The molecule has 1 heterocycles. The molecular weight excluding hydrogens is 290 g/mol. The van der Waals surface area contributed by atoms with Gasteiger partial charge in [0.25, 0.3) is 0 Å². The lowest BCUT2D eigenvalue weighted by Gasteiger charge is -2.18. The van der Waals surface area contributed by atoms with Crippen molar-refractivity contribution in [3.05, 3.63) is 29.3 Å². The molecule has 1 atom stereocenters. The number of hydrogen-bond acceptors (Lipinski definition) is 3. The third kappa shape index (κ3) is 4.55. The van der Waals surface area contributed by atoms with Crippen LogP contribution in [-0.4, -0.2) is 55.3 Å². The van der Waals surface area contributed by atoms with Crippen LogP contribution in [0.5, 0.6) is 0 Å². The average Bonchev–Trinajstić information content (AvgIpc) is 2.84. The van der Waals surface area contributed by atoms with Crippen LogP contribution in [0.4, 0.5) is 5.69 Å². The van der Waals surface area contributed by atoms with Gasteiger partial charge in [0.2, 0.25) is 11.8 Å². The van der Waals surface area contributed by atoms with Crippen molar-refractivity contribution in [3.8, 4) is 0 Å². The fraction of sp³-hybridized carbons (Fsp3) is 0.556. The van der Waals surface area contributed by atoms with Gasteiger partial charge in [0.1, 0.15) is 0 Å². The first-order chi connectivity index (χ1) is 10.9. The van der Waals surface area contributed by atoms with Crippen LogP contribution < -0.4 is 5.32 Å². The summed E-state index contributed by atoms with van der Waals surface area (Å²) in [6.07, 6.45) is 1.25. The van der Waals surface area contributed by atoms with Gasteiger partial charge in [-0.05, 0) is 52.0 Å². The van der Waals surface area contributed by atoms with Gasteiger partial charge < -0.3 is 15.1 Å². The molecule has 1 aromatic rings. The van der Waals surface area contributed by atoms with Crippen molar-refractivity contribution >= 4 is 17.5 Å². The van der Waals surface area contributed by atoms with E-state index in [2.05, 4.69) is 10.2 Å². The Morgan fingerprint density at radius 2 is 1.96 bits per heavy atom. The minimum absolute atomic E-state index is 0.0501. The topological polar surface area (TPSA) is 52.7 Å². The van der Waals surface area contributed by atoms with Gasteiger partial charge in [0.15, 0.2) is 0 Å². The van der Waals surface area contributed by atoms with E-state index in [4.69, 9.17) is 0 Å². The van der Waals surface area contributed by atoms with E-state index < -0.39 is 0 Å². The quantitative estimate of drug-likeness (QED) is 0.873. The highest BCUT2D eigenvalue weighted by molar-refractivity contribution is 5.98. The molecule has 23 heavy (non-hydrogen) atoms. The third-order valence-electron chi connectivity index (χ3n) is 4.35. The molecule has 0 aromatic heterocycles. The molecule has 1 N–H and O–H groups in total. The summed E-state index contributed by atoms with van der Waals surface area (Å²) in [4.78, 5) is 28.5. The second-order valence-corrected chi connectivity index (χ2v) is 6.65. The summed E-state index contributed by atoms with van der Waals surface area (Å²) < 4.78 is 0. The Morgan fingerprint density at radius 1 is 1.30 bits per heavy atom. The van der Waals surface area contributed by atoms with E-state index in [1.54, 1.807) is 0 Å². The van der Waals surface area contributed by atoms with Crippen LogP contribution in [-0.2, 0) is 9.59 Å². The first-order valence-corrected chi connectivity index (χ1v) is 8.18. The van der Waals surface area contributed by atoms with Crippen molar-refractivity contribution in [2.75, 3.05) is 39.0 Å². The molecule has 1 fully saturated rings.